The SMILES string of the molecule is CC1CC(C)C(C)N(S(=O)(=O)c2ccc(N)c(F)c2)C1. The van der Waals surface area contributed by atoms with Crippen LogP contribution in [0.2, 0.25) is 0 Å². The summed E-state index contributed by atoms with van der Waals surface area (Å²) in [6.07, 6.45) is 1.00. The van der Waals surface area contributed by atoms with E-state index in [2.05, 4.69) is 0 Å². The quantitative estimate of drug-likeness (QED) is 0.853. The van der Waals surface area contributed by atoms with Crippen LogP contribution < -0.4 is 5.73 Å². The summed E-state index contributed by atoms with van der Waals surface area (Å²) in [6.45, 7) is 6.46. The molecule has 0 radical (unpaired) electrons. The Morgan fingerprint density at radius 2 is 1.95 bits per heavy atom. The summed E-state index contributed by atoms with van der Waals surface area (Å²) in [4.78, 5) is -0.0302. The average Bonchev–Trinajstić information content (AvgIpc) is 2.36. The first-order chi connectivity index (χ1) is 9.23. The van der Waals surface area contributed by atoms with Crippen LogP contribution in [-0.4, -0.2) is 25.3 Å². The molecule has 1 aromatic carbocycles. The molecular formula is C14H21FN2O2S. The summed E-state index contributed by atoms with van der Waals surface area (Å²) in [6, 6.07) is 3.58. The minimum atomic E-state index is -3.68. The molecule has 0 aliphatic carbocycles. The van der Waals surface area contributed by atoms with Gasteiger partial charge >= 0.3 is 0 Å². The lowest BCUT2D eigenvalue weighted by atomic mass is 9.88. The van der Waals surface area contributed by atoms with Crippen LogP contribution in [0.1, 0.15) is 27.2 Å². The van der Waals surface area contributed by atoms with Gasteiger partial charge in [-0.3, -0.25) is 0 Å². The number of hydrogen-bond acceptors (Lipinski definition) is 3. The fourth-order valence-corrected chi connectivity index (χ4v) is 4.64. The third-order valence-electron chi connectivity index (χ3n) is 4.12. The monoisotopic (exact) mass is 300 g/mol. The molecule has 0 bridgehead atoms. The molecule has 0 aromatic heterocycles. The summed E-state index contributed by atoms with van der Waals surface area (Å²) < 4.78 is 40.3. The predicted octanol–water partition coefficient (Wildman–Crippen LogP) is 2.46. The number of nitrogen functional groups attached to an aromatic ring is 1. The maximum atomic E-state index is 13.5. The zero-order valence-electron chi connectivity index (χ0n) is 12.0. The van der Waals surface area contributed by atoms with Crippen molar-refractivity contribution in [1.29, 1.82) is 0 Å². The largest absolute Gasteiger partial charge is 0.396 e. The molecule has 3 atom stereocenters. The third-order valence-corrected chi connectivity index (χ3v) is 6.07. The number of nitrogens with two attached hydrogens (primary N) is 1. The Bertz CT molecular complexity index is 603. The number of hydrogen-bond donors (Lipinski definition) is 1. The number of anilines is 1. The fourth-order valence-electron chi connectivity index (χ4n) is 2.78. The van der Waals surface area contributed by atoms with Gasteiger partial charge in [-0.15, -0.1) is 0 Å². The van der Waals surface area contributed by atoms with Gasteiger partial charge in [-0.1, -0.05) is 13.8 Å². The molecule has 0 amide bonds. The van der Waals surface area contributed by atoms with Crippen LogP contribution in [-0.2, 0) is 10.0 Å². The lowest BCUT2D eigenvalue weighted by Gasteiger charge is -2.40. The maximum absolute atomic E-state index is 13.5. The van der Waals surface area contributed by atoms with Crippen LogP contribution in [0.3, 0.4) is 0 Å². The number of halogens is 1. The van der Waals surface area contributed by atoms with E-state index in [4.69, 9.17) is 5.73 Å². The summed E-state index contributed by atoms with van der Waals surface area (Å²) in [5.41, 5.74) is 5.35. The third kappa shape index (κ3) is 2.67. The van der Waals surface area contributed by atoms with Gasteiger partial charge in [0, 0.05) is 12.6 Å². The van der Waals surface area contributed by atoms with E-state index in [-0.39, 0.29) is 22.5 Å². The average molecular weight is 300 g/mol. The topological polar surface area (TPSA) is 63.4 Å². The summed E-state index contributed by atoms with van der Waals surface area (Å²) >= 11 is 0. The van der Waals surface area contributed by atoms with Crippen LogP contribution in [0.25, 0.3) is 0 Å². The van der Waals surface area contributed by atoms with Crippen molar-refractivity contribution >= 4 is 15.7 Å². The Kier molecular flexibility index (Phi) is 4.07. The lowest BCUT2D eigenvalue weighted by molar-refractivity contribution is 0.157. The molecule has 1 aliphatic rings. The molecular weight excluding hydrogens is 279 g/mol. The Labute approximate surface area is 119 Å². The maximum Gasteiger partial charge on any atom is 0.243 e. The number of benzene rings is 1. The van der Waals surface area contributed by atoms with Crippen molar-refractivity contribution in [2.75, 3.05) is 12.3 Å². The molecule has 112 valence electrons. The highest BCUT2D eigenvalue weighted by Crippen LogP contribution is 2.32. The first-order valence-corrected chi connectivity index (χ1v) is 8.24. The highest BCUT2D eigenvalue weighted by molar-refractivity contribution is 7.89. The van der Waals surface area contributed by atoms with E-state index in [0.717, 1.165) is 12.5 Å². The van der Waals surface area contributed by atoms with Crippen molar-refractivity contribution in [2.24, 2.45) is 11.8 Å². The minimum Gasteiger partial charge on any atom is -0.396 e. The number of nitrogens with zero attached hydrogens (tertiary/aromatic N) is 1. The Morgan fingerprint density at radius 3 is 2.55 bits per heavy atom. The highest BCUT2D eigenvalue weighted by Gasteiger charge is 2.37. The molecule has 20 heavy (non-hydrogen) atoms. The van der Waals surface area contributed by atoms with Crippen LogP contribution in [0.4, 0.5) is 10.1 Å². The molecule has 1 fully saturated rings. The summed E-state index contributed by atoms with van der Waals surface area (Å²) in [5.74, 6) is -0.112. The van der Waals surface area contributed by atoms with Gasteiger partial charge in [0.05, 0.1) is 10.6 Å². The first-order valence-electron chi connectivity index (χ1n) is 6.80. The van der Waals surface area contributed by atoms with E-state index in [1.54, 1.807) is 0 Å². The molecule has 1 heterocycles. The predicted molar refractivity (Wildman–Crippen MR) is 77.1 cm³/mol. The van der Waals surface area contributed by atoms with Gasteiger partial charge in [0.15, 0.2) is 0 Å². The van der Waals surface area contributed by atoms with Gasteiger partial charge in [-0.2, -0.15) is 4.31 Å². The minimum absolute atomic E-state index is 0.0302. The molecule has 0 spiro atoms. The molecule has 3 unspecified atom stereocenters. The zero-order chi connectivity index (χ0) is 15.1. The smallest absolute Gasteiger partial charge is 0.243 e. The van der Waals surface area contributed by atoms with E-state index >= 15 is 0 Å². The lowest BCUT2D eigenvalue weighted by Crippen LogP contribution is -2.48. The van der Waals surface area contributed by atoms with Crippen molar-refractivity contribution in [3.05, 3.63) is 24.0 Å². The van der Waals surface area contributed by atoms with Crippen molar-refractivity contribution in [2.45, 2.75) is 38.1 Å². The van der Waals surface area contributed by atoms with Crippen LogP contribution >= 0.6 is 0 Å². The molecule has 1 saturated heterocycles. The van der Waals surface area contributed by atoms with Gasteiger partial charge in [0.2, 0.25) is 10.0 Å². The molecule has 2 N–H and O–H groups in total. The number of piperidine rings is 1. The fraction of sp³-hybridized carbons (Fsp3) is 0.571. The molecule has 1 aromatic rings. The normalized spacial score (nSPS) is 28.5. The van der Waals surface area contributed by atoms with Gasteiger partial charge < -0.3 is 5.73 Å². The number of rotatable bonds is 2. The van der Waals surface area contributed by atoms with E-state index in [9.17, 15) is 12.8 Å². The molecule has 1 aliphatic heterocycles. The standard InChI is InChI=1S/C14H21FN2O2S/c1-9-6-10(2)11(3)17(8-9)20(18,19)12-4-5-14(16)13(15)7-12/h4-5,7,9-11H,6,8,16H2,1-3H3. The van der Waals surface area contributed by atoms with Gasteiger partial charge in [0.25, 0.3) is 0 Å². The van der Waals surface area contributed by atoms with Crippen molar-refractivity contribution in [1.82, 2.24) is 4.31 Å². The van der Waals surface area contributed by atoms with Gasteiger partial charge in [-0.05, 0) is 43.4 Å². The van der Waals surface area contributed by atoms with E-state index in [0.29, 0.717) is 12.5 Å². The Morgan fingerprint density at radius 1 is 1.30 bits per heavy atom. The Balaban J connectivity index is 2.40. The van der Waals surface area contributed by atoms with Crippen molar-refractivity contribution in [3.8, 4) is 0 Å². The molecule has 6 heteroatoms. The van der Waals surface area contributed by atoms with Crippen LogP contribution in [0.5, 0.6) is 0 Å². The van der Waals surface area contributed by atoms with E-state index < -0.39 is 15.8 Å². The van der Waals surface area contributed by atoms with Crippen molar-refractivity contribution in [3.63, 3.8) is 0 Å². The van der Waals surface area contributed by atoms with Crippen LogP contribution in [0, 0.1) is 17.7 Å². The number of sulfonamides is 1. The zero-order valence-corrected chi connectivity index (χ0v) is 12.8. The van der Waals surface area contributed by atoms with Crippen molar-refractivity contribution < 1.29 is 12.8 Å². The molecule has 4 nitrogen and oxygen atoms in total. The molecule has 2 rings (SSSR count). The van der Waals surface area contributed by atoms with Crippen LogP contribution in [0.15, 0.2) is 23.1 Å². The van der Waals surface area contributed by atoms with Gasteiger partial charge in [0.1, 0.15) is 5.82 Å². The highest BCUT2D eigenvalue weighted by atomic mass is 32.2. The first kappa shape index (κ1) is 15.3. The Hall–Kier alpha value is -1.14. The second kappa shape index (κ2) is 5.33. The summed E-state index contributed by atoms with van der Waals surface area (Å²) in [7, 11) is -3.68. The second-order valence-electron chi connectivity index (χ2n) is 5.82. The van der Waals surface area contributed by atoms with E-state index in [1.165, 1.54) is 16.4 Å². The van der Waals surface area contributed by atoms with Gasteiger partial charge in [-0.25, -0.2) is 12.8 Å². The van der Waals surface area contributed by atoms with E-state index in [1.807, 2.05) is 20.8 Å². The molecule has 0 saturated carbocycles. The second-order valence-corrected chi connectivity index (χ2v) is 7.71. The summed E-state index contributed by atoms with van der Waals surface area (Å²) in [5, 5.41) is 0.